The Morgan fingerprint density at radius 2 is 2.00 bits per heavy atom. The molecule has 0 aliphatic heterocycles. The van der Waals surface area contributed by atoms with Gasteiger partial charge in [0.15, 0.2) is 0 Å². The van der Waals surface area contributed by atoms with E-state index in [-0.39, 0.29) is 0 Å². The standard InChI is InChI=1S/C16H21N3O/c1-19(2)10-8-13-11-15(20)7-6-14(13)12-18-16-5-3-4-9-17-16/h3-7,9,11,20H,8,10,12H2,1-2H3,(H,17,18). The Morgan fingerprint density at radius 1 is 1.15 bits per heavy atom. The fourth-order valence-electron chi connectivity index (χ4n) is 2.01. The van der Waals surface area contributed by atoms with Crippen LogP contribution in [0, 0.1) is 0 Å². The fourth-order valence-corrected chi connectivity index (χ4v) is 2.01. The minimum atomic E-state index is 0.320. The number of nitrogens with one attached hydrogen (secondary N) is 1. The highest BCUT2D eigenvalue weighted by molar-refractivity contribution is 5.39. The molecule has 0 amide bonds. The quantitative estimate of drug-likeness (QED) is 0.847. The summed E-state index contributed by atoms with van der Waals surface area (Å²) in [6.45, 7) is 1.67. The van der Waals surface area contributed by atoms with Gasteiger partial charge in [0, 0.05) is 19.3 Å². The number of likely N-dealkylation sites (N-methyl/N-ethyl adjacent to an activating group) is 1. The molecule has 2 aromatic rings. The Bertz CT molecular complexity index is 541. The summed E-state index contributed by atoms with van der Waals surface area (Å²) in [5.41, 5.74) is 2.36. The first-order chi connectivity index (χ1) is 9.65. The van der Waals surface area contributed by atoms with Gasteiger partial charge in [-0.25, -0.2) is 4.98 Å². The van der Waals surface area contributed by atoms with Gasteiger partial charge in [0.05, 0.1) is 0 Å². The van der Waals surface area contributed by atoms with Crippen molar-refractivity contribution in [2.45, 2.75) is 13.0 Å². The number of benzene rings is 1. The molecule has 0 spiro atoms. The van der Waals surface area contributed by atoms with Gasteiger partial charge in [-0.15, -0.1) is 0 Å². The first-order valence-electron chi connectivity index (χ1n) is 6.75. The second-order valence-corrected chi connectivity index (χ2v) is 5.07. The number of hydrogen-bond acceptors (Lipinski definition) is 4. The Balaban J connectivity index is 2.06. The number of hydrogen-bond donors (Lipinski definition) is 2. The molecule has 0 bridgehead atoms. The maximum atomic E-state index is 9.64. The third-order valence-corrected chi connectivity index (χ3v) is 3.14. The highest BCUT2D eigenvalue weighted by Crippen LogP contribution is 2.18. The van der Waals surface area contributed by atoms with Crippen molar-refractivity contribution in [1.29, 1.82) is 0 Å². The molecule has 2 rings (SSSR count). The molecule has 0 atom stereocenters. The van der Waals surface area contributed by atoms with Crippen LogP contribution < -0.4 is 5.32 Å². The lowest BCUT2D eigenvalue weighted by Gasteiger charge is -2.14. The Morgan fingerprint density at radius 3 is 2.70 bits per heavy atom. The van der Waals surface area contributed by atoms with Crippen LogP contribution in [0.25, 0.3) is 0 Å². The molecule has 0 saturated carbocycles. The molecule has 20 heavy (non-hydrogen) atoms. The number of aromatic hydroxyl groups is 1. The smallest absolute Gasteiger partial charge is 0.126 e. The highest BCUT2D eigenvalue weighted by Gasteiger charge is 2.05. The summed E-state index contributed by atoms with van der Waals surface area (Å²) >= 11 is 0. The van der Waals surface area contributed by atoms with Gasteiger partial charge in [0.25, 0.3) is 0 Å². The van der Waals surface area contributed by atoms with Crippen molar-refractivity contribution in [3.05, 3.63) is 53.7 Å². The lowest BCUT2D eigenvalue weighted by Crippen LogP contribution is -2.16. The third-order valence-electron chi connectivity index (χ3n) is 3.14. The maximum Gasteiger partial charge on any atom is 0.126 e. The van der Waals surface area contributed by atoms with Gasteiger partial charge >= 0.3 is 0 Å². The zero-order valence-corrected chi connectivity index (χ0v) is 12.0. The van der Waals surface area contributed by atoms with E-state index in [0.717, 1.165) is 18.8 Å². The minimum Gasteiger partial charge on any atom is -0.508 e. The van der Waals surface area contributed by atoms with Crippen LogP contribution in [0.2, 0.25) is 0 Å². The van der Waals surface area contributed by atoms with Crippen LogP contribution in [-0.4, -0.2) is 35.6 Å². The number of aromatic nitrogens is 1. The van der Waals surface area contributed by atoms with E-state index in [1.54, 1.807) is 12.3 Å². The Kier molecular flexibility index (Phi) is 4.96. The molecule has 1 heterocycles. The van der Waals surface area contributed by atoms with Crippen molar-refractivity contribution in [1.82, 2.24) is 9.88 Å². The SMILES string of the molecule is CN(C)CCc1cc(O)ccc1CNc1ccccn1. The molecular formula is C16H21N3O. The van der Waals surface area contributed by atoms with Gasteiger partial charge < -0.3 is 15.3 Å². The second kappa shape index (κ2) is 6.91. The second-order valence-electron chi connectivity index (χ2n) is 5.07. The van der Waals surface area contributed by atoms with E-state index >= 15 is 0 Å². The van der Waals surface area contributed by atoms with Gasteiger partial charge in [0.2, 0.25) is 0 Å². The van der Waals surface area contributed by atoms with Gasteiger partial charge in [0.1, 0.15) is 11.6 Å². The van der Waals surface area contributed by atoms with E-state index < -0.39 is 0 Å². The van der Waals surface area contributed by atoms with Crippen molar-refractivity contribution in [2.24, 2.45) is 0 Å². The molecule has 0 aliphatic rings. The van der Waals surface area contributed by atoms with E-state index in [2.05, 4.69) is 29.3 Å². The normalized spacial score (nSPS) is 10.8. The lowest BCUT2D eigenvalue weighted by atomic mass is 10.0. The summed E-state index contributed by atoms with van der Waals surface area (Å²) in [6.07, 6.45) is 2.69. The van der Waals surface area contributed by atoms with E-state index in [0.29, 0.717) is 12.3 Å². The van der Waals surface area contributed by atoms with E-state index in [1.807, 2.05) is 30.3 Å². The zero-order chi connectivity index (χ0) is 14.4. The molecular weight excluding hydrogens is 250 g/mol. The van der Waals surface area contributed by atoms with Crippen molar-refractivity contribution in [2.75, 3.05) is 26.0 Å². The number of phenols is 1. The average molecular weight is 271 g/mol. The number of phenolic OH excluding ortho intramolecular Hbond substituents is 1. The predicted octanol–water partition coefficient (Wildman–Crippen LogP) is 2.50. The number of anilines is 1. The summed E-state index contributed by atoms with van der Waals surface area (Å²) in [7, 11) is 4.10. The number of rotatable bonds is 6. The summed E-state index contributed by atoms with van der Waals surface area (Å²) in [6, 6.07) is 11.3. The van der Waals surface area contributed by atoms with Crippen LogP contribution in [0.3, 0.4) is 0 Å². The van der Waals surface area contributed by atoms with Crippen LogP contribution in [0.5, 0.6) is 5.75 Å². The van der Waals surface area contributed by atoms with Crippen molar-refractivity contribution in [3.63, 3.8) is 0 Å². The minimum absolute atomic E-state index is 0.320. The Labute approximate surface area is 120 Å². The van der Waals surface area contributed by atoms with Gasteiger partial charge in [-0.05, 0) is 55.9 Å². The topological polar surface area (TPSA) is 48.4 Å². The third kappa shape index (κ3) is 4.24. The molecule has 2 N–H and O–H groups in total. The molecule has 4 heteroatoms. The largest absolute Gasteiger partial charge is 0.508 e. The molecule has 0 aliphatic carbocycles. The molecule has 0 radical (unpaired) electrons. The first-order valence-corrected chi connectivity index (χ1v) is 6.75. The number of pyridine rings is 1. The van der Waals surface area contributed by atoms with E-state index in [9.17, 15) is 5.11 Å². The monoisotopic (exact) mass is 271 g/mol. The lowest BCUT2D eigenvalue weighted by molar-refractivity contribution is 0.412. The highest BCUT2D eigenvalue weighted by atomic mass is 16.3. The summed E-state index contributed by atoms with van der Waals surface area (Å²) in [4.78, 5) is 6.39. The van der Waals surface area contributed by atoms with Gasteiger partial charge in [-0.1, -0.05) is 12.1 Å². The molecule has 1 aromatic carbocycles. The summed E-state index contributed by atoms with van der Waals surface area (Å²) in [5, 5.41) is 12.9. The van der Waals surface area contributed by atoms with E-state index in [4.69, 9.17) is 0 Å². The van der Waals surface area contributed by atoms with Crippen LogP contribution in [0.4, 0.5) is 5.82 Å². The molecule has 4 nitrogen and oxygen atoms in total. The molecule has 106 valence electrons. The van der Waals surface area contributed by atoms with Crippen LogP contribution in [0.1, 0.15) is 11.1 Å². The zero-order valence-electron chi connectivity index (χ0n) is 12.0. The molecule has 0 unspecified atom stereocenters. The first kappa shape index (κ1) is 14.3. The van der Waals surface area contributed by atoms with Gasteiger partial charge in [-0.2, -0.15) is 0 Å². The van der Waals surface area contributed by atoms with Crippen LogP contribution in [0.15, 0.2) is 42.6 Å². The average Bonchev–Trinajstić information content (AvgIpc) is 2.45. The van der Waals surface area contributed by atoms with Crippen LogP contribution in [-0.2, 0) is 13.0 Å². The maximum absolute atomic E-state index is 9.64. The summed E-state index contributed by atoms with van der Waals surface area (Å²) < 4.78 is 0. The van der Waals surface area contributed by atoms with Crippen molar-refractivity contribution < 1.29 is 5.11 Å². The van der Waals surface area contributed by atoms with Crippen LogP contribution >= 0.6 is 0 Å². The van der Waals surface area contributed by atoms with Crippen molar-refractivity contribution >= 4 is 5.82 Å². The van der Waals surface area contributed by atoms with Gasteiger partial charge in [-0.3, -0.25) is 0 Å². The predicted molar refractivity (Wildman–Crippen MR) is 81.9 cm³/mol. The fraction of sp³-hybridized carbons (Fsp3) is 0.312. The number of nitrogens with zero attached hydrogens (tertiary/aromatic N) is 2. The molecule has 0 saturated heterocycles. The van der Waals surface area contributed by atoms with Crippen molar-refractivity contribution in [3.8, 4) is 5.75 Å². The Hall–Kier alpha value is -2.07. The molecule has 1 aromatic heterocycles. The molecule has 0 fully saturated rings. The summed E-state index contributed by atoms with van der Waals surface area (Å²) in [5.74, 6) is 1.18. The van der Waals surface area contributed by atoms with E-state index in [1.165, 1.54) is 11.1 Å².